The molecule has 3 fully saturated rings. The molecule has 80 heavy (non-hydrogen) atoms. The van der Waals surface area contributed by atoms with Crippen molar-refractivity contribution in [2.45, 2.75) is 164 Å². The number of aliphatic hydroxyl groups excluding tert-OH is 3. The maximum Gasteiger partial charge on any atom is 0.305 e. The molecule has 3 saturated heterocycles. The molecular formula is C60H156F2N2O16. The summed E-state index contributed by atoms with van der Waals surface area (Å²) < 4.78 is 463. The molecule has 18 nitrogen and oxygen atoms in total. The average molecular weight is 1360 g/mol. The molecule has 3 heterocycles. The van der Waals surface area contributed by atoms with E-state index in [9.17, 15) is 48.1 Å². The zero-order valence-electron chi connectivity index (χ0n) is 125. The second-order valence-electron chi connectivity index (χ2n) is 20.7. The van der Waals surface area contributed by atoms with Crippen molar-refractivity contribution in [3.63, 3.8) is 0 Å². The van der Waals surface area contributed by atoms with Gasteiger partial charge in [-0.25, -0.2) is 8.78 Å². The lowest BCUT2D eigenvalue weighted by Crippen LogP contribution is -2.58. The van der Waals surface area contributed by atoms with Crippen LogP contribution in [0.2, 0.25) is 0 Å². The molecule has 0 spiro atoms. The first-order valence-corrected chi connectivity index (χ1v) is 26.9. The first-order chi connectivity index (χ1) is 76.7. The molecule has 2 amide bonds. The molecule has 7 rings (SSSR count). The Balaban J connectivity index is -0.0000000336. The third kappa shape index (κ3) is 18.2. The number of carbonyl (C=O) groups is 5. The third-order valence-corrected chi connectivity index (χ3v) is 14.6. The SMILES string of the molecule is CC(=O)NCCc1ccc(OC2O[C@H](C)[C@H](C)[C@H](C)[C@H]2OC(C)=O)cc1-c1cccc(F)c1.CC(=O)NCCc1ccc(OC2O[C@H](C)[C@H](O)[C@H](O)[C@H]2O)cc1-c1cccc(F)c1.CC(=O)OC1O[C@H](C)[C@H](C)[C@H](C)[C@H]1OC(C)=O.[3H][3H].[3H][3H].[3H][3H].[3H][3H].[3H][3H].[3H][3H].[3H][3H].[3H][3H].[3H][3H].[3H][3H].[3H][3H].[3H][3H].[3H][3H].[3H][3H].[3H][3H].[3H][3H].[3H][3H].[3H][3H].[3H][3H].[3H][3H].[3H][3H].[3H][3H].[3H][3H].[3H][3H].[3H][3H].[3H][3H].[3H][3H].[3H][3H].[3H][3H].[3H][3H].[3H][3H].[3H][3H].[3H][3H].[3H][3H].[3H][3H].[3H][3H].[3H][3H].[3H][3H].[3H][3H]. The highest BCUT2D eigenvalue weighted by Crippen LogP contribution is 2.37. The van der Waals surface area contributed by atoms with Crippen molar-refractivity contribution in [2.75, 3.05) is 13.1 Å². The minimum atomic E-state index is -1.44. The summed E-state index contributed by atoms with van der Waals surface area (Å²) in [6, 6.07) is 23.1. The van der Waals surface area contributed by atoms with E-state index in [0.29, 0.717) is 54.1 Å². The van der Waals surface area contributed by atoms with E-state index in [4.69, 9.17) is 154 Å². The van der Waals surface area contributed by atoms with Gasteiger partial charge < -0.3 is 63.8 Å². The molecule has 0 radical (unpaired) electrons. The van der Waals surface area contributed by atoms with Crippen molar-refractivity contribution in [3.05, 3.63) is 108 Å². The van der Waals surface area contributed by atoms with Crippen molar-refractivity contribution >= 4 is 29.7 Å². The average Bonchev–Trinajstić information content (AvgIpc) is 0.798. The normalized spacial score (nSPS) is 31.9. The van der Waals surface area contributed by atoms with E-state index < -0.39 is 67.4 Å². The van der Waals surface area contributed by atoms with Gasteiger partial charge in [0.05, 0.1) is 18.3 Å². The molecule has 15 atom stereocenters. The maximum absolute atomic E-state index is 14.0. The lowest BCUT2D eigenvalue weighted by atomic mass is 9.84. The van der Waals surface area contributed by atoms with E-state index in [1.807, 2.05) is 58.9 Å². The van der Waals surface area contributed by atoms with Gasteiger partial charge in [0, 0.05) is 175 Å². The Morgan fingerprint density at radius 3 is 1.31 bits per heavy atom. The van der Waals surface area contributed by atoms with Gasteiger partial charge in [-0.2, -0.15) is 0 Å². The summed E-state index contributed by atoms with van der Waals surface area (Å²) in [6.07, 6.45) is -7.64. The molecule has 20 heteroatoms. The number of amides is 2. The summed E-state index contributed by atoms with van der Waals surface area (Å²) >= 11 is 0. The summed E-state index contributed by atoms with van der Waals surface area (Å²) in [5.74, 6) is -0.798. The van der Waals surface area contributed by atoms with Gasteiger partial charge in [-0.15, -0.1) is 0 Å². The minimum absolute atomic E-state index is 0.0406. The molecule has 0 bridgehead atoms. The number of hydrogen-bond donors (Lipinski definition) is 5. The molecular weight excluding hydrogens is 1040 g/mol. The van der Waals surface area contributed by atoms with Gasteiger partial charge in [-0.05, 0) is 127 Å². The Kier molecular flexibility index (Phi) is 10.6. The lowest BCUT2D eigenvalue weighted by Gasteiger charge is -2.42. The number of esters is 3. The van der Waals surface area contributed by atoms with E-state index >= 15 is 0 Å². The molecule has 0 aliphatic carbocycles. The zero-order valence-corrected chi connectivity index (χ0v) is 47.5. The first kappa shape index (κ1) is 28.4. The second kappa shape index (κ2) is 29.8. The van der Waals surface area contributed by atoms with Crippen molar-refractivity contribution in [3.8, 4) is 33.8 Å². The zero-order chi connectivity index (χ0) is 137. The van der Waals surface area contributed by atoms with Crippen LogP contribution < -0.4 is 20.1 Å². The first-order valence-electron chi connectivity index (χ1n) is 65.9. The van der Waals surface area contributed by atoms with Gasteiger partial charge >= 0.3 is 17.9 Å². The van der Waals surface area contributed by atoms with E-state index in [0.717, 1.165) is 16.7 Å². The van der Waals surface area contributed by atoms with E-state index in [1.54, 1.807) is 43.3 Å². The fraction of sp³-hybridized carbons (Fsp3) is 0.517. The molecule has 3 aliphatic rings. The number of rotatable bonds is 15. The van der Waals surface area contributed by atoms with Gasteiger partial charge in [-0.1, -0.05) is 64.1 Å². The Morgan fingerprint density at radius 1 is 0.500 bits per heavy atom. The van der Waals surface area contributed by atoms with Crippen LogP contribution in [0.4, 0.5) is 8.78 Å². The van der Waals surface area contributed by atoms with Crippen LogP contribution in [0.3, 0.4) is 0 Å². The summed E-state index contributed by atoms with van der Waals surface area (Å²) in [6.45, 7) is 21.3. The fourth-order valence-corrected chi connectivity index (χ4v) is 9.51. The Hall–Kier alpha value is -6.55. The van der Waals surface area contributed by atoms with Crippen LogP contribution in [0.5, 0.6) is 11.5 Å². The molecule has 516 valence electrons. The van der Waals surface area contributed by atoms with Crippen LogP contribution in [-0.4, -0.2) is 126 Å². The van der Waals surface area contributed by atoms with Gasteiger partial charge in [0.1, 0.15) is 41.4 Å². The van der Waals surface area contributed by atoms with Crippen molar-refractivity contribution < 1.29 is 202 Å². The standard InChI is InChI=1S/C26H32FNO5.C22H26FNO6.C12H20O5.39H2/c1-15-16(2)25(32-19(5)30)26(31-17(15)3)33-23-10-9-20(11-12-28-18(4)29)24(14-23)21-7-6-8-22(27)13-21;1-12-19(26)20(27)21(28)22(29-12)30-17-7-6-14(8-9-24-13(2)25)18(11-17)15-4-3-5-16(23)10-15;1-6-7(2)11(16-9(4)13)12(15-8(6)3)17-10(5)14;;;;;;;;;;;;;;;;;;;;;;;;;;;;;;;;;;;;;;;/h6-10,13-17,25-26H,11-12H2,1-5H3,(H,28,29);3-7,10-12,19-22,26-28H,8-9H2,1-2H3,(H,24,25);6-8,11-12H,1-5H3;39*1H/t15-,16+,17-,25-,26?;12-,19+,20+,21-,22?;6-,7+,8-,11-,12?;;;;;;;;;;;;;;;;;;;;;;;;;;;;;;;;;;;;;;;/m111......................................./s1/i;;;39*1+2T. The number of carbonyl (C=O) groups excluding carboxylic acids is 5. The fourth-order valence-electron chi connectivity index (χ4n) is 9.51. The maximum atomic E-state index is 14.0. The predicted octanol–water partition coefficient (Wildman–Crippen LogP) is 17.0. The minimum Gasteiger partial charge on any atom is -0.462 e. The lowest BCUT2D eigenvalue weighted by molar-refractivity contribution is -0.268. The third-order valence-electron chi connectivity index (χ3n) is 14.6. The van der Waals surface area contributed by atoms with Crippen LogP contribution in [0.25, 0.3) is 22.3 Å². The molecule has 0 aromatic heterocycles. The van der Waals surface area contributed by atoms with Gasteiger partial charge in [0.2, 0.25) is 30.7 Å². The van der Waals surface area contributed by atoms with Gasteiger partial charge in [0.15, 0.2) is 12.2 Å². The van der Waals surface area contributed by atoms with Crippen molar-refractivity contribution in [2.24, 2.45) is 23.7 Å². The Labute approximate surface area is 587 Å². The van der Waals surface area contributed by atoms with Crippen molar-refractivity contribution in [1.29, 1.82) is 0 Å². The molecule has 3 aliphatic heterocycles. The van der Waals surface area contributed by atoms with Crippen LogP contribution in [-0.2, 0) is 65.2 Å². The molecule has 4 aromatic rings. The smallest absolute Gasteiger partial charge is 0.305 e. The van der Waals surface area contributed by atoms with E-state index in [1.165, 1.54) is 58.9 Å². The summed E-state index contributed by atoms with van der Waals surface area (Å²) in [5, 5.41) is 35.5. The van der Waals surface area contributed by atoms with Crippen LogP contribution in [0, 0.1) is 35.3 Å². The monoisotopic (exact) mass is 1360 g/mol. The van der Waals surface area contributed by atoms with Crippen LogP contribution in [0.1, 0.15) is 210 Å². The second-order valence-corrected chi connectivity index (χ2v) is 20.7. The largest absolute Gasteiger partial charge is 0.462 e. The number of halogens is 2. The number of hydrogen-bond acceptors (Lipinski definition) is 16. The molecule has 5 N–H and O–H groups in total. The topological polar surface area (TPSA) is 244 Å². The number of ether oxygens (including phenoxy) is 8. The molecule has 0 saturated carbocycles. The number of benzene rings is 4. The number of aliphatic hydroxyl groups is 3. The van der Waals surface area contributed by atoms with Gasteiger partial charge in [0.25, 0.3) is 0 Å². The van der Waals surface area contributed by atoms with Crippen LogP contribution >= 0.6 is 0 Å². The van der Waals surface area contributed by atoms with E-state index in [2.05, 4.69) is 17.6 Å². The molecule has 3 unspecified atom stereocenters. The highest BCUT2D eigenvalue weighted by Gasteiger charge is 2.46. The van der Waals surface area contributed by atoms with E-state index in [-0.39, 0.29) is 65.3 Å². The highest BCUT2D eigenvalue weighted by molar-refractivity contribution is 5.74. The predicted molar refractivity (Wildman–Crippen MR) is 373 cm³/mol. The van der Waals surface area contributed by atoms with Crippen molar-refractivity contribution in [1.82, 2.24) is 10.6 Å². The van der Waals surface area contributed by atoms with Gasteiger partial charge in [-0.3, -0.25) is 24.0 Å². The summed E-state index contributed by atoms with van der Waals surface area (Å²) in [5.41, 5.74) is 4.65. The summed E-state index contributed by atoms with van der Waals surface area (Å²) in [4.78, 5) is 56.2. The molecule has 4 aromatic carbocycles. The summed E-state index contributed by atoms with van der Waals surface area (Å²) in [7, 11) is 0. The number of nitrogens with one attached hydrogen (secondary N) is 2. The Morgan fingerprint density at radius 2 is 0.900 bits per heavy atom. The quantitative estimate of drug-likeness (QED) is 0.0549. The van der Waals surface area contributed by atoms with Crippen LogP contribution in [0.15, 0.2) is 84.9 Å². The highest BCUT2D eigenvalue weighted by atomic mass is 19.1. The Bertz CT molecular complexity index is 2890.